The van der Waals surface area contributed by atoms with Crippen molar-refractivity contribution in [1.29, 1.82) is 0 Å². The number of benzene rings is 2. The zero-order valence-electron chi connectivity index (χ0n) is 17.9. The molecule has 168 valence electrons. The maximum atomic E-state index is 13.9. The van der Waals surface area contributed by atoms with E-state index in [0.29, 0.717) is 17.1 Å². The van der Waals surface area contributed by atoms with E-state index in [1.54, 1.807) is 28.9 Å². The van der Waals surface area contributed by atoms with Crippen molar-refractivity contribution >= 4 is 28.8 Å². The number of nitrogens with zero attached hydrogens (tertiary/aromatic N) is 4. The van der Waals surface area contributed by atoms with Crippen LogP contribution in [-0.4, -0.2) is 33.6 Å². The van der Waals surface area contributed by atoms with E-state index < -0.39 is 0 Å². The van der Waals surface area contributed by atoms with Crippen LogP contribution in [0.2, 0.25) is 5.02 Å². The highest BCUT2D eigenvalue weighted by Gasteiger charge is 2.28. The van der Waals surface area contributed by atoms with Gasteiger partial charge >= 0.3 is 0 Å². The Morgan fingerprint density at radius 1 is 1.18 bits per heavy atom. The number of hydrogen-bond donors (Lipinski definition) is 1. The second kappa shape index (κ2) is 9.19. The van der Waals surface area contributed by atoms with Crippen LogP contribution in [0, 0.1) is 11.7 Å². The minimum absolute atomic E-state index is 0.0666. The van der Waals surface area contributed by atoms with Crippen LogP contribution in [0.1, 0.15) is 18.4 Å². The van der Waals surface area contributed by atoms with Crippen molar-refractivity contribution in [2.75, 3.05) is 18.0 Å². The molecule has 1 saturated heterocycles. The molecule has 1 aliphatic heterocycles. The van der Waals surface area contributed by atoms with Gasteiger partial charge in [-0.3, -0.25) is 4.79 Å². The summed E-state index contributed by atoms with van der Waals surface area (Å²) in [5, 5.41) is 8.23. The van der Waals surface area contributed by atoms with Crippen LogP contribution in [0.25, 0.3) is 16.8 Å². The minimum Gasteiger partial charge on any atom is -0.354 e. The second-order valence-electron chi connectivity index (χ2n) is 8.21. The summed E-state index contributed by atoms with van der Waals surface area (Å²) in [4.78, 5) is 19.6. The van der Waals surface area contributed by atoms with Gasteiger partial charge in [0.05, 0.1) is 11.6 Å². The SMILES string of the molecule is O=C(NCc1ccccc1F)[C@H]1CCCN(c2nccn3nc(-c4cccc(Cl)c4)cc23)C1. The Balaban J connectivity index is 1.34. The molecule has 0 radical (unpaired) electrons. The Kier molecular flexibility index (Phi) is 5.96. The van der Waals surface area contributed by atoms with Crippen molar-refractivity contribution in [3.05, 3.63) is 83.4 Å². The molecule has 0 saturated carbocycles. The molecule has 1 amide bonds. The topological polar surface area (TPSA) is 62.5 Å². The van der Waals surface area contributed by atoms with E-state index in [-0.39, 0.29) is 24.2 Å². The summed E-state index contributed by atoms with van der Waals surface area (Å²) in [6.07, 6.45) is 5.19. The molecule has 5 rings (SSSR count). The third-order valence-corrected chi connectivity index (χ3v) is 6.23. The molecular weight excluding hydrogens is 441 g/mol. The fraction of sp³-hybridized carbons (Fsp3) is 0.240. The first-order valence-electron chi connectivity index (χ1n) is 10.9. The molecule has 3 heterocycles. The van der Waals surface area contributed by atoms with E-state index in [1.807, 2.05) is 36.5 Å². The van der Waals surface area contributed by atoms with Crippen LogP contribution in [0.3, 0.4) is 0 Å². The molecule has 0 bridgehead atoms. The molecule has 4 aromatic rings. The number of aromatic nitrogens is 3. The third-order valence-electron chi connectivity index (χ3n) is 5.99. The van der Waals surface area contributed by atoms with Gasteiger partial charge in [0.25, 0.3) is 0 Å². The standard InChI is InChI=1S/C25H23ClFN5O/c26-20-8-3-6-17(13-20)22-14-23-24(28-10-12-32(23)30-22)31-11-4-7-19(16-31)25(33)29-15-18-5-1-2-9-21(18)27/h1-3,5-6,8-10,12-14,19H,4,7,11,15-16H2,(H,29,33)/t19-/m0/s1. The summed E-state index contributed by atoms with van der Waals surface area (Å²) in [5.41, 5.74) is 3.10. The number of nitrogens with one attached hydrogen (secondary N) is 1. The Morgan fingerprint density at radius 3 is 2.91 bits per heavy atom. The molecule has 0 unspecified atom stereocenters. The lowest BCUT2D eigenvalue weighted by Gasteiger charge is -2.33. The smallest absolute Gasteiger partial charge is 0.225 e. The van der Waals surface area contributed by atoms with Crippen molar-refractivity contribution in [2.45, 2.75) is 19.4 Å². The largest absolute Gasteiger partial charge is 0.354 e. The van der Waals surface area contributed by atoms with Gasteiger partial charge in [-0.15, -0.1) is 0 Å². The van der Waals surface area contributed by atoms with Gasteiger partial charge in [0.15, 0.2) is 5.82 Å². The predicted molar refractivity (Wildman–Crippen MR) is 127 cm³/mol. The van der Waals surface area contributed by atoms with Crippen LogP contribution >= 0.6 is 11.6 Å². The molecule has 6 nitrogen and oxygen atoms in total. The van der Waals surface area contributed by atoms with Gasteiger partial charge in [0, 0.05) is 48.2 Å². The first-order valence-corrected chi connectivity index (χ1v) is 11.3. The summed E-state index contributed by atoms with van der Waals surface area (Å²) in [5.74, 6) is 0.228. The fourth-order valence-electron chi connectivity index (χ4n) is 4.29. The number of halogens is 2. The average Bonchev–Trinajstić information content (AvgIpc) is 3.28. The zero-order valence-corrected chi connectivity index (χ0v) is 18.7. The summed E-state index contributed by atoms with van der Waals surface area (Å²) >= 11 is 6.15. The lowest BCUT2D eigenvalue weighted by atomic mass is 9.97. The average molecular weight is 464 g/mol. The highest BCUT2D eigenvalue weighted by molar-refractivity contribution is 6.30. The summed E-state index contributed by atoms with van der Waals surface area (Å²) in [7, 11) is 0. The van der Waals surface area contributed by atoms with Gasteiger partial charge in [0.2, 0.25) is 5.91 Å². The molecular formula is C25H23ClFN5O. The van der Waals surface area contributed by atoms with E-state index in [2.05, 4.69) is 20.3 Å². The van der Waals surface area contributed by atoms with Crippen LogP contribution in [0.5, 0.6) is 0 Å². The van der Waals surface area contributed by atoms with E-state index in [1.165, 1.54) is 6.07 Å². The van der Waals surface area contributed by atoms with Gasteiger partial charge in [-0.25, -0.2) is 13.9 Å². The Hall–Kier alpha value is -3.45. The van der Waals surface area contributed by atoms with Crippen molar-refractivity contribution in [2.24, 2.45) is 5.92 Å². The van der Waals surface area contributed by atoms with Gasteiger partial charge in [-0.05, 0) is 37.1 Å². The van der Waals surface area contributed by atoms with Crippen LogP contribution < -0.4 is 10.2 Å². The number of carbonyl (C=O) groups is 1. The summed E-state index contributed by atoms with van der Waals surface area (Å²) in [6.45, 7) is 1.54. The normalized spacial score (nSPS) is 16.2. The molecule has 1 atom stereocenters. The van der Waals surface area contributed by atoms with E-state index in [9.17, 15) is 9.18 Å². The maximum absolute atomic E-state index is 13.9. The predicted octanol–water partition coefficient (Wildman–Crippen LogP) is 4.72. The van der Waals surface area contributed by atoms with Crippen LogP contribution in [0.15, 0.2) is 67.0 Å². The fourth-order valence-corrected chi connectivity index (χ4v) is 4.48. The van der Waals surface area contributed by atoms with E-state index in [4.69, 9.17) is 11.6 Å². The minimum atomic E-state index is -0.310. The number of piperidine rings is 1. The molecule has 2 aromatic carbocycles. The summed E-state index contributed by atoms with van der Waals surface area (Å²) < 4.78 is 15.7. The first-order chi connectivity index (χ1) is 16.1. The quantitative estimate of drug-likeness (QED) is 0.465. The lowest BCUT2D eigenvalue weighted by Crippen LogP contribution is -2.43. The first kappa shape index (κ1) is 21.4. The number of fused-ring (bicyclic) bond motifs is 1. The van der Waals surface area contributed by atoms with E-state index in [0.717, 1.165) is 42.0 Å². The van der Waals surface area contributed by atoms with Crippen molar-refractivity contribution in [3.63, 3.8) is 0 Å². The maximum Gasteiger partial charge on any atom is 0.225 e. The van der Waals surface area contributed by atoms with Gasteiger partial charge in [-0.1, -0.05) is 41.9 Å². The number of amides is 1. The lowest BCUT2D eigenvalue weighted by molar-refractivity contribution is -0.125. The molecule has 33 heavy (non-hydrogen) atoms. The zero-order chi connectivity index (χ0) is 22.8. The Bertz CT molecular complexity index is 1310. The van der Waals surface area contributed by atoms with Crippen molar-refractivity contribution in [3.8, 4) is 11.3 Å². The molecule has 1 aliphatic rings. The number of anilines is 1. The van der Waals surface area contributed by atoms with Crippen molar-refractivity contribution < 1.29 is 9.18 Å². The van der Waals surface area contributed by atoms with Gasteiger partial charge in [0.1, 0.15) is 11.3 Å². The van der Waals surface area contributed by atoms with E-state index >= 15 is 0 Å². The molecule has 1 fully saturated rings. The second-order valence-corrected chi connectivity index (χ2v) is 8.65. The molecule has 2 aromatic heterocycles. The molecule has 0 spiro atoms. The number of carbonyl (C=O) groups excluding carboxylic acids is 1. The number of hydrogen-bond acceptors (Lipinski definition) is 4. The highest BCUT2D eigenvalue weighted by atomic mass is 35.5. The number of rotatable bonds is 5. The Morgan fingerprint density at radius 2 is 2.06 bits per heavy atom. The Labute approximate surface area is 196 Å². The molecule has 1 N–H and O–H groups in total. The molecule has 8 heteroatoms. The highest BCUT2D eigenvalue weighted by Crippen LogP contribution is 2.29. The third kappa shape index (κ3) is 4.54. The monoisotopic (exact) mass is 463 g/mol. The van der Waals surface area contributed by atoms with Gasteiger partial charge < -0.3 is 10.2 Å². The van der Waals surface area contributed by atoms with Gasteiger partial charge in [-0.2, -0.15) is 5.10 Å². The summed E-state index contributed by atoms with van der Waals surface area (Å²) in [6, 6.07) is 16.1. The van der Waals surface area contributed by atoms with Crippen LogP contribution in [-0.2, 0) is 11.3 Å². The molecule has 0 aliphatic carbocycles. The van der Waals surface area contributed by atoms with Crippen LogP contribution in [0.4, 0.5) is 10.2 Å². The van der Waals surface area contributed by atoms with Crippen molar-refractivity contribution in [1.82, 2.24) is 19.9 Å².